The zero-order chi connectivity index (χ0) is 20.5. The fourth-order valence-electron chi connectivity index (χ4n) is 3.04. The lowest BCUT2D eigenvalue weighted by Crippen LogP contribution is -2.15. The number of nitrogens with zero attached hydrogens (tertiary/aromatic N) is 7. The summed E-state index contributed by atoms with van der Waals surface area (Å²) in [5, 5.41) is 18.3. The Bertz CT molecular complexity index is 1190. The van der Waals surface area contributed by atoms with Crippen LogP contribution in [0.3, 0.4) is 0 Å². The van der Waals surface area contributed by atoms with E-state index in [1.54, 1.807) is 41.7 Å². The first-order valence-electron chi connectivity index (χ1n) is 8.83. The summed E-state index contributed by atoms with van der Waals surface area (Å²) in [6, 6.07) is 1.93. The number of hydrogen-bond donors (Lipinski definition) is 1. The van der Waals surface area contributed by atoms with Crippen molar-refractivity contribution in [3.8, 4) is 0 Å². The second kappa shape index (κ2) is 7.80. The maximum absolute atomic E-state index is 11.5. The van der Waals surface area contributed by atoms with Gasteiger partial charge in [0.2, 0.25) is 6.41 Å². The van der Waals surface area contributed by atoms with E-state index in [-0.39, 0.29) is 6.54 Å². The fourth-order valence-corrected chi connectivity index (χ4v) is 4.46. The van der Waals surface area contributed by atoms with Crippen molar-refractivity contribution in [2.75, 3.05) is 0 Å². The number of carbonyl (C=O) groups is 1. The highest BCUT2D eigenvalue weighted by Crippen LogP contribution is 2.30. The molecule has 4 aromatic heterocycles. The van der Waals surface area contributed by atoms with Crippen LogP contribution in [-0.4, -0.2) is 47.2 Å². The lowest BCUT2D eigenvalue weighted by atomic mass is 10.3. The van der Waals surface area contributed by atoms with Crippen LogP contribution in [0.5, 0.6) is 0 Å². The number of H-pyrrole nitrogens is 1. The Kier molecular flexibility index (Phi) is 5.20. The molecular formula is C18H19ClN8OS. The second-order valence-electron chi connectivity index (χ2n) is 6.62. The Morgan fingerprint density at radius 1 is 1.41 bits per heavy atom. The summed E-state index contributed by atoms with van der Waals surface area (Å²) >= 11 is 7.75. The zero-order valence-electron chi connectivity index (χ0n) is 16.1. The molecule has 4 rings (SSSR count). The first kappa shape index (κ1) is 19.3. The number of rotatable bonds is 7. The minimum Gasteiger partial charge on any atom is -0.332 e. The van der Waals surface area contributed by atoms with E-state index < -0.39 is 0 Å². The number of halogens is 1. The van der Waals surface area contributed by atoms with Gasteiger partial charge in [0.25, 0.3) is 0 Å². The molecule has 0 aliphatic heterocycles. The molecule has 0 spiro atoms. The molecule has 0 atom stereocenters. The average molecular weight is 431 g/mol. The normalized spacial score (nSPS) is 11.7. The van der Waals surface area contributed by atoms with Gasteiger partial charge in [-0.25, -0.2) is 9.99 Å². The number of nitrogens with one attached hydrogen (secondary N) is 1. The average Bonchev–Trinajstić information content (AvgIpc) is 3.44. The molecule has 0 unspecified atom stereocenters. The molecule has 4 heterocycles. The van der Waals surface area contributed by atoms with Crippen LogP contribution in [0.1, 0.15) is 27.7 Å². The molecule has 0 saturated heterocycles. The van der Waals surface area contributed by atoms with E-state index in [4.69, 9.17) is 16.6 Å². The smallest absolute Gasteiger partial charge is 0.230 e. The van der Waals surface area contributed by atoms with E-state index in [0.29, 0.717) is 23.5 Å². The Morgan fingerprint density at radius 3 is 2.90 bits per heavy atom. The largest absolute Gasteiger partial charge is 0.332 e. The van der Waals surface area contributed by atoms with Gasteiger partial charge in [0.05, 0.1) is 22.5 Å². The summed E-state index contributed by atoms with van der Waals surface area (Å²) in [7, 11) is 3.75. The van der Waals surface area contributed by atoms with Crippen LogP contribution in [0.15, 0.2) is 23.6 Å². The summed E-state index contributed by atoms with van der Waals surface area (Å²) in [5.74, 6) is 0. The molecule has 0 aliphatic carbocycles. The summed E-state index contributed by atoms with van der Waals surface area (Å²) < 4.78 is 4.67. The Hall–Kier alpha value is -2.98. The van der Waals surface area contributed by atoms with Crippen LogP contribution in [0.25, 0.3) is 10.3 Å². The van der Waals surface area contributed by atoms with Gasteiger partial charge in [0, 0.05) is 49.9 Å². The topological polar surface area (TPSA) is 97.0 Å². The lowest BCUT2D eigenvalue weighted by molar-refractivity contribution is -0.118. The van der Waals surface area contributed by atoms with Gasteiger partial charge in [-0.1, -0.05) is 11.6 Å². The van der Waals surface area contributed by atoms with Gasteiger partial charge in [-0.3, -0.25) is 14.6 Å². The van der Waals surface area contributed by atoms with Crippen molar-refractivity contribution in [1.82, 2.24) is 34.5 Å². The molecule has 11 heteroatoms. The quantitative estimate of drug-likeness (QED) is 0.277. The maximum Gasteiger partial charge on any atom is 0.230 e. The summed E-state index contributed by atoms with van der Waals surface area (Å²) in [6.07, 6.45) is 6.46. The molecule has 29 heavy (non-hydrogen) atoms. The molecule has 0 radical (unpaired) electrons. The third kappa shape index (κ3) is 3.81. The van der Waals surface area contributed by atoms with Crippen molar-refractivity contribution in [3.05, 3.63) is 51.1 Å². The maximum atomic E-state index is 11.5. The van der Waals surface area contributed by atoms with E-state index in [0.717, 1.165) is 32.3 Å². The second-order valence-corrected chi connectivity index (χ2v) is 8.11. The molecule has 0 fully saturated rings. The predicted octanol–water partition coefficient (Wildman–Crippen LogP) is 2.64. The molecule has 1 amide bonds. The number of carbonyl (C=O) groups excluding carboxylic acids is 1. The monoisotopic (exact) mass is 430 g/mol. The standard InChI is InChI=1S/C18H19ClN8OS/c1-11-13(7-21-27(10-28)9-15-14(19)8-25(2)24-15)17-18(26(11)3)22-16(29-17)6-12-4-5-20-23-12/h4-5,7-8,10H,6,9H2,1-3H3,(H,20,23)/b21-7-. The van der Waals surface area contributed by atoms with Crippen LogP contribution in [0.2, 0.25) is 5.02 Å². The van der Waals surface area contributed by atoms with Gasteiger partial charge in [-0.2, -0.15) is 15.3 Å². The van der Waals surface area contributed by atoms with Gasteiger partial charge < -0.3 is 4.57 Å². The van der Waals surface area contributed by atoms with Crippen molar-refractivity contribution in [2.24, 2.45) is 19.2 Å². The van der Waals surface area contributed by atoms with Crippen LogP contribution < -0.4 is 0 Å². The summed E-state index contributed by atoms with van der Waals surface area (Å²) in [4.78, 5) is 16.3. The van der Waals surface area contributed by atoms with E-state index in [1.807, 2.05) is 24.6 Å². The molecular weight excluding hydrogens is 412 g/mol. The number of fused-ring (bicyclic) bond motifs is 1. The van der Waals surface area contributed by atoms with Crippen molar-refractivity contribution >= 4 is 45.9 Å². The third-order valence-corrected chi connectivity index (χ3v) is 6.03. The highest BCUT2D eigenvalue weighted by atomic mass is 35.5. The molecule has 1 N–H and O–H groups in total. The van der Waals surface area contributed by atoms with E-state index in [1.165, 1.54) is 5.01 Å². The minimum atomic E-state index is 0.197. The molecule has 150 valence electrons. The first-order chi connectivity index (χ1) is 14.0. The van der Waals surface area contributed by atoms with Crippen molar-refractivity contribution in [3.63, 3.8) is 0 Å². The molecule has 9 nitrogen and oxygen atoms in total. The summed E-state index contributed by atoms with van der Waals surface area (Å²) in [5.41, 5.74) is 4.46. The van der Waals surface area contributed by atoms with Gasteiger partial charge in [0.1, 0.15) is 10.7 Å². The van der Waals surface area contributed by atoms with Crippen LogP contribution in [0.4, 0.5) is 0 Å². The molecule has 0 saturated carbocycles. The van der Waals surface area contributed by atoms with Crippen molar-refractivity contribution < 1.29 is 4.79 Å². The van der Waals surface area contributed by atoms with E-state index in [9.17, 15) is 4.79 Å². The first-order valence-corrected chi connectivity index (χ1v) is 10.0. The fraction of sp³-hybridized carbons (Fsp3) is 0.278. The van der Waals surface area contributed by atoms with E-state index >= 15 is 0 Å². The van der Waals surface area contributed by atoms with E-state index in [2.05, 4.69) is 20.4 Å². The van der Waals surface area contributed by atoms with Crippen molar-refractivity contribution in [1.29, 1.82) is 0 Å². The zero-order valence-corrected chi connectivity index (χ0v) is 17.7. The van der Waals surface area contributed by atoms with Gasteiger partial charge in [-0.05, 0) is 13.0 Å². The Morgan fingerprint density at radius 2 is 2.24 bits per heavy atom. The minimum absolute atomic E-state index is 0.197. The molecule has 4 aromatic rings. The molecule has 0 aromatic carbocycles. The Balaban J connectivity index is 1.61. The molecule has 0 aliphatic rings. The summed E-state index contributed by atoms with van der Waals surface area (Å²) in [6.45, 7) is 2.20. The third-order valence-electron chi connectivity index (χ3n) is 4.63. The van der Waals surface area contributed by atoms with Crippen LogP contribution >= 0.6 is 22.9 Å². The van der Waals surface area contributed by atoms with Crippen molar-refractivity contribution in [2.45, 2.75) is 19.9 Å². The number of hydrogen-bond acceptors (Lipinski definition) is 6. The lowest BCUT2D eigenvalue weighted by Gasteiger charge is -2.09. The highest BCUT2D eigenvalue weighted by Gasteiger charge is 2.17. The number of aryl methyl sites for hydroxylation is 2. The number of amides is 1. The number of aromatic nitrogens is 6. The number of aromatic amines is 1. The van der Waals surface area contributed by atoms with Gasteiger partial charge >= 0.3 is 0 Å². The number of thiazole rings is 1. The molecule has 0 bridgehead atoms. The highest BCUT2D eigenvalue weighted by molar-refractivity contribution is 7.19. The van der Waals surface area contributed by atoms with Gasteiger partial charge in [0.15, 0.2) is 5.65 Å². The van der Waals surface area contributed by atoms with Gasteiger partial charge in [-0.15, -0.1) is 11.3 Å². The van der Waals surface area contributed by atoms with Crippen LogP contribution in [0, 0.1) is 6.92 Å². The predicted molar refractivity (Wildman–Crippen MR) is 112 cm³/mol. The number of hydrazone groups is 1. The van der Waals surface area contributed by atoms with Crippen LogP contribution in [-0.2, 0) is 31.9 Å². The Labute approximate surface area is 175 Å². The SMILES string of the molecule is Cc1c(/C=N\N(C=O)Cc2nn(C)cc2Cl)c2sc(Cc3ccn[nH]3)nc2n1C.